The smallest absolute Gasteiger partial charge is 0.241 e. The number of amides is 1. The van der Waals surface area contributed by atoms with Crippen LogP contribution < -0.4 is 11.1 Å². The fraction of sp³-hybridized carbons (Fsp3) is 0.429. The largest absolute Gasteiger partial charge is 0.325 e. The lowest BCUT2D eigenvalue weighted by molar-refractivity contribution is -0.119. The number of carbonyl (C=O) groups is 1. The van der Waals surface area contributed by atoms with E-state index in [1.807, 2.05) is 32.9 Å². The second kappa shape index (κ2) is 6.85. The average Bonchev–Trinajstić information content (AvgIpc) is 2.83. The summed E-state index contributed by atoms with van der Waals surface area (Å²) in [5.41, 5.74) is 7.09. The monoisotopic (exact) mass is 324 g/mol. The van der Waals surface area contributed by atoms with Crippen LogP contribution >= 0.6 is 12.4 Å². The van der Waals surface area contributed by atoms with Gasteiger partial charge in [0.1, 0.15) is 0 Å². The minimum atomic E-state index is -0.587. The van der Waals surface area contributed by atoms with E-state index < -0.39 is 6.04 Å². The maximum atomic E-state index is 12.1. The number of halogens is 1. The zero-order chi connectivity index (χ0) is 15.6. The van der Waals surface area contributed by atoms with Gasteiger partial charge in [-0.25, -0.2) is 0 Å². The SMILES string of the molecule is Cc1nnnn1-c1cccc(NC(=O)[C@@H](N)C(C)(C)C)c1.Cl. The summed E-state index contributed by atoms with van der Waals surface area (Å²) in [6.07, 6.45) is 0. The van der Waals surface area contributed by atoms with Gasteiger partial charge in [-0.2, -0.15) is 4.68 Å². The van der Waals surface area contributed by atoms with E-state index in [2.05, 4.69) is 20.8 Å². The lowest BCUT2D eigenvalue weighted by Gasteiger charge is -2.25. The molecule has 0 saturated carbocycles. The van der Waals surface area contributed by atoms with E-state index >= 15 is 0 Å². The molecule has 0 radical (unpaired) electrons. The maximum absolute atomic E-state index is 12.1. The summed E-state index contributed by atoms with van der Waals surface area (Å²) in [4.78, 5) is 12.1. The summed E-state index contributed by atoms with van der Waals surface area (Å²) in [5, 5.41) is 14.2. The van der Waals surface area contributed by atoms with E-state index in [0.717, 1.165) is 5.69 Å². The van der Waals surface area contributed by atoms with Crippen LogP contribution in [0.2, 0.25) is 0 Å². The Hall–Kier alpha value is -1.99. The number of nitrogens with zero attached hydrogens (tertiary/aromatic N) is 4. The Kier molecular flexibility index (Phi) is 5.62. The fourth-order valence-corrected chi connectivity index (χ4v) is 1.80. The van der Waals surface area contributed by atoms with Crippen molar-refractivity contribution in [2.45, 2.75) is 33.7 Å². The molecule has 8 heteroatoms. The standard InChI is InChI=1S/C14H20N6O.ClH/c1-9-17-18-19-20(9)11-7-5-6-10(8-11)16-13(21)12(15)14(2,3)4;/h5-8,12H,15H2,1-4H3,(H,16,21);1H/t12-;/m1./s1. The third kappa shape index (κ3) is 4.02. The molecule has 1 atom stereocenters. The molecule has 0 saturated heterocycles. The Morgan fingerprint density at radius 2 is 2.05 bits per heavy atom. The molecule has 2 rings (SSSR count). The first kappa shape index (κ1) is 18.1. The molecule has 1 aromatic carbocycles. The van der Waals surface area contributed by atoms with E-state index in [1.165, 1.54) is 0 Å². The van der Waals surface area contributed by atoms with Gasteiger partial charge < -0.3 is 11.1 Å². The predicted molar refractivity (Wildman–Crippen MR) is 87.2 cm³/mol. The zero-order valence-electron chi connectivity index (χ0n) is 13.1. The lowest BCUT2D eigenvalue weighted by atomic mass is 9.87. The summed E-state index contributed by atoms with van der Waals surface area (Å²) in [5.74, 6) is 0.456. The van der Waals surface area contributed by atoms with Crippen LogP contribution in [0.4, 0.5) is 5.69 Å². The van der Waals surface area contributed by atoms with Crippen LogP contribution in [0.1, 0.15) is 26.6 Å². The molecule has 1 aromatic heterocycles. The van der Waals surface area contributed by atoms with Gasteiger partial charge in [-0.1, -0.05) is 26.8 Å². The number of anilines is 1. The number of carbonyl (C=O) groups excluding carboxylic acids is 1. The van der Waals surface area contributed by atoms with Crippen LogP contribution in [0.3, 0.4) is 0 Å². The summed E-state index contributed by atoms with van der Waals surface area (Å²) in [7, 11) is 0. The van der Waals surface area contributed by atoms with Gasteiger partial charge in [0.15, 0.2) is 5.82 Å². The molecule has 0 bridgehead atoms. The molecule has 22 heavy (non-hydrogen) atoms. The minimum absolute atomic E-state index is 0. The molecule has 0 aliphatic carbocycles. The van der Waals surface area contributed by atoms with Crippen molar-refractivity contribution in [3.05, 3.63) is 30.1 Å². The zero-order valence-corrected chi connectivity index (χ0v) is 13.9. The number of nitrogens with one attached hydrogen (secondary N) is 1. The summed E-state index contributed by atoms with van der Waals surface area (Å²) >= 11 is 0. The molecular formula is C14H21ClN6O. The van der Waals surface area contributed by atoms with Gasteiger partial charge in [-0.3, -0.25) is 4.79 Å². The number of rotatable bonds is 3. The van der Waals surface area contributed by atoms with Crippen LogP contribution in [-0.2, 0) is 4.79 Å². The molecule has 0 spiro atoms. The second-order valence-electron chi connectivity index (χ2n) is 6.02. The minimum Gasteiger partial charge on any atom is -0.325 e. The number of benzene rings is 1. The van der Waals surface area contributed by atoms with E-state index in [1.54, 1.807) is 23.7 Å². The molecular weight excluding hydrogens is 304 g/mol. The molecule has 1 heterocycles. The van der Waals surface area contributed by atoms with Gasteiger partial charge in [0.05, 0.1) is 11.7 Å². The fourth-order valence-electron chi connectivity index (χ4n) is 1.80. The number of nitrogens with two attached hydrogens (primary N) is 1. The van der Waals surface area contributed by atoms with Crippen molar-refractivity contribution in [2.24, 2.45) is 11.1 Å². The predicted octanol–water partition coefficient (Wildman–Crippen LogP) is 1.70. The Bertz CT molecular complexity index is 649. The Balaban J connectivity index is 0.00000242. The van der Waals surface area contributed by atoms with E-state index in [4.69, 9.17) is 5.73 Å². The van der Waals surface area contributed by atoms with Crippen molar-refractivity contribution >= 4 is 24.0 Å². The topological polar surface area (TPSA) is 98.7 Å². The average molecular weight is 325 g/mol. The number of tetrazole rings is 1. The summed E-state index contributed by atoms with van der Waals surface area (Å²) < 4.78 is 1.60. The van der Waals surface area contributed by atoms with Gasteiger partial charge in [0.2, 0.25) is 5.91 Å². The number of hydrogen-bond acceptors (Lipinski definition) is 5. The van der Waals surface area contributed by atoms with Gasteiger partial charge in [-0.05, 0) is 41.0 Å². The third-order valence-electron chi connectivity index (χ3n) is 3.20. The first-order chi connectivity index (χ1) is 9.79. The number of aromatic nitrogens is 4. The summed E-state index contributed by atoms with van der Waals surface area (Å²) in [6, 6.07) is 6.71. The lowest BCUT2D eigenvalue weighted by Crippen LogP contribution is -2.45. The highest BCUT2D eigenvalue weighted by Gasteiger charge is 2.27. The van der Waals surface area contributed by atoms with Crippen molar-refractivity contribution in [2.75, 3.05) is 5.32 Å². The first-order valence-electron chi connectivity index (χ1n) is 6.71. The van der Waals surface area contributed by atoms with Crippen LogP contribution in [-0.4, -0.2) is 32.2 Å². The molecule has 0 aliphatic heterocycles. The normalized spacial score (nSPS) is 12.4. The van der Waals surface area contributed by atoms with Crippen molar-refractivity contribution < 1.29 is 4.79 Å². The van der Waals surface area contributed by atoms with Crippen molar-refractivity contribution in [3.63, 3.8) is 0 Å². The van der Waals surface area contributed by atoms with Crippen molar-refractivity contribution in [1.82, 2.24) is 20.2 Å². The van der Waals surface area contributed by atoms with E-state index in [-0.39, 0.29) is 23.7 Å². The van der Waals surface area contributed by atoms with Crippen LogP contribution in [0, 0.1) is 12.3 Å². The molecule has 2 aromatic rings. The third-order valence-corrected chi connectivity index (χ3v) is 3.20. The van der Waals surface area contributed by atoms with E-state index in [9.17, 15) is 4.79 Å². The van der Waals surface area contributed by atoms with Gasteiger partial charge >= 0.3 is 0 Å². The highest BCUT2D eigenvalue weighted by molar-refractivity contribution is 5.95. The molecule has 120 valence electrons. The molecule has 0 fully saturated rings. The molecule has 0 aliphatic rings. The highest BCUT2D eigenvalue weighted by atomic mass is 35.5. The van der Waals surface area contributed by atoms with Crippen LogP contribution in [0.25, 0.3) is 5.69 Å². The molecule has 7 nitrogen and oxygen atoms in total. The van der Waals surface area contributed by atoms with Gasteiger partial charge in [-0.15, -0.1) is 17.5 Å². The van der Waals surface area contributed by atoms with Gasteiger partial charge in [0.25, 0.3) is 0 Å². The number of hydrogen-bond donors (Lipinski definition) is 2. The molecule has 1 amide bonds. The first-order valence-corrected chi connectivity index (χ1v) is 6.71. The molecule has 0 unspecified atom stereocenters. The van der Waals surface area contributed by atoms with Crippen molar-refractivity contribution in [1.29, 1.82) is 0 Å². The Morgan fingerprint density at radius 1 is 1.36 bits per heavy atom. The van der Waals surface area contributed by atoms with Gasteiger partial charge in [0, 0.05) is 5.69 Å². The van der Waals surface area contributed by atoms with E-state index in [0.29, 0.717) is 11.5 Å². The Morgan fingerprint density at radius 3 is 2.59 bits per heavy atom. The quantitative estimate of drug-likeness (QED) is 0.895. The van der Waals surface area contributed by atoms with Crippen LogP contribution in [0.15, 0.2) is 24.3 Å². The highest BCUT2D eigenvalue weighted by Crippen LogP contribution is 2.20. The van der Waals surface area contributed by atoms with Crippen LogP contribution in [0.5, 0.6) is 0 Å². The number of aryl methyl sites for hydroxylation is 1. The second-order valence-corrected chi connectivity index (χ2v) is 6.02. The summed E-state index contributed by atoms with van der Waals surface area (Å²) in [6.45, 7) is 7.59. The molecule has 3 N–H and O–H groups in total. The Labute approximate surface area is 135 Å². The maximum Gasteiger partial charge on any atom is 0.241 e. The van der Waals surface area contributed by atoms with Crippen molar-refractivity contribution in [3.8, 4) is 5.69 Å².